The normalized spacial score (nSPS) is 28.2. The summed E-state index contributed by atoms with van der Waals surface area (Å²) in [5, 5.41) is 3.53. The van der Waals surface area contributed by atoms with E-state index in [9.17, 15) is 0 Å². The molecule has 2 nitrogen and oxygen atoms in total. The van der Waals surface area contributed by atoms with Gasteiger partial charge in [-0.3, -0.25) is 4.98 Å². The number of rotatable bonds is 5. The molecule has 0 amide bonds. The van der Waals surface area contributed by atoms with Gasteiger partial charge in [0.15, 0.2) is 0 Å². The van der Waals surface area contributed by atoms with Gasteiger partial charge in [-0.25, -0.2) is 0 Å². The molecule has 1 aliphatic rings. The maximum Gasteiger partial charge on any atom is 0.0302 e. The molecule has 0 aromatic carbocycles. The number of nitrogens with one attached hydrogen (secondary N) is 1. The van der Waals surface area contributed by atoms with Crippen molar-refractivity contribution in [1.82, 2.24) is 10.3 Å². The van der Waals surface area contributed by atoms with Gasteiger partial charge in [-0.15, -0.1) is 0 Å². The van der Waals surface area contributed by atoms with Gasteiger partial charge < -0.3 is 5.32 Å². The zero-order valence-electron chi connectivity index (χ0n) is 11.7. The highest BCUT2D eigenvalue weighted by Crippen LogP contribution is 2.41. The van der Waals surface area contributed by atoms with Crippen molar-refractivity contribution in [2.75, 3.05) is 13.1 Å². The van der Waals surface area contributed by atoms with Crippen LogP contribution >= 0.6 is 0 Å². The second-order valence-electron chi connectivity index (χ2n) is 5.55. The lowest BCUT2D eigenvalue weighted by Crippen LogP contribution is -2.32. The Morgan fingerprint density at radius 1 is 1.33 bits per heavy atom. The third-order valence-corrected chi connectivity index (χ3v) is 4.45. The van der Waals surface area contributed by atoms with E-state index < -0.39 is 0 Å². The lowest BCUT2D eigenvalue weighted by Gasteiger charge is -2.36. The average Bonchev–Trinajstić information content (AvgIpc) is 2.46. The highest BCUT2D eigenvalue weighted by Gasteiger charge is 2.30. The first-order valence-electron chi connectivity index (χ1n) is 7.45. The van der Waals surface area contributed by atoms with Gasteiger partial charge in [0.05, 0.1) is 0 Å². The SMILES string of the molecule is CCNCC1CCC(CC)CC1c1cccnc1. The summed E-state index contributed by atoms with van der Waals surface area (Å²) in [6, 6.07) is 4.34. The monoisotopic (exact) mass is 246 g/mol. The molecular formula is C16H26N2. The van der Waals surface area contributed by atoms with Crippen molar-refractivity contribution in [2.24, 2.45) is 11.8 Å². The van der Waals surface area contributed by atoms with Gasteiger partial charge in [0, 0.05) is 12.4 Å². The van der Waals surface area contributed by atoms with Crippen molar-refractivity contribution in [3.05, 3.63) is 30.1 Å². The fourth-order valence-electron chi connectivity index (χ4n) is 3.27. The minimum atomic E-state index is 0.705. The lowest BCUT2D eigenvalue weighted by molar-refractivity contribution is 0.226. The summed E-state index contributed by atoms with van der Waals surface area (Å²) < 4.78 is 0. The Hall–Kier alpha value is -0.890. The molecule has 18 heavy (non-hydrogen) atoms. The van der Waals surface area contributed by atoms with E-state index >= 15 is 0 Å². The first kappa shape index (κ1) is 13.5. The van der Waals surface area contributed by atoms with E-state index in [2.05, 4.69) is 42.5 Å². The highest BCUT2D eigenvalue weighted by molar-refractivity contribution is 5.17. The number of aromatic nitrogens is 1. The first-order chi connectivity index (χ1) is 8.85. The molecule has 1 aliphatic carbocycles. The highest BCUT2D eigenvalue weighted by atomic mass is 14.8. The first-order valence-corrected chi connectivity index (χ1v) is 7.45. The van der Waals surface area contributed by atoms with Crippen LogP contribution in [0.3, 0.4) is 0 Å². The predicted molar refractivity (Wildman–Crippen MR) is 76.6 cm³/mol. The van der Waals surface area contributed by atoms with Crippen LogP contribution in [0.5, 0.6) is 0 Å². The molecule has 100 valence electrons. The Labute approximate surface area is 111 Å². The summed E-state index contributed by atoms with van der Waals surface area (Å²) in [4.78, 5) is 4.31. The minimum Gasteiger partial charge on any atom is -0.317 e. The van der Waals surface area contributed by atoms with Crippen LogP contribution in [-0.4, -0.2) is 18.1 Å². The van der Waals surface area contributed by atoms with E-state index in [0.717, 1.165) is 24.9 Å². The van der Waals surface area contributed by atoms with Crippen LogP contribution in [0, 0.1) is 11.8 Å². The van der Waals surface area contributed by atoms with Gasteiger partial charge in [0.2, 0.25) is 0 Å². The van der Waals surface area contributed by atoms with E-state index in [4.69, 9.17) is 0 Å². The van der Waals surface area contributed by atoms with Crippen molar-refractivity contribution in [3.8, 4) is 0 Å². The molecule has 2 heteroatoms. The summed E-state index contributed by atoms with van der Waals surface area (Å²) in [5.41, 5.74) is 1.44. The molecule has 1 aromatic heterocycles. The zero-order valence-corrected chi connectivity index (χ0v) is 11.7. The molecule has 0 radical (unpaired) electrons. The van der Waals surface area contributed by atoms with Gasteiger partial charge in [-0.2, -0.15) is 0 Å². The van der Waals surface area contributed by atoms with Crippen LogP contribution < -0.4 is 5.32 Å². The Kier molecular flexibility index (Phi) is 5.18. The fourth-order valence-corrected chi connectivity index (χ4v) is 3.27. The van der Waals surface area contributed by atoms with E-state index in [1.54, 1.807) is 0 Å². The van der Waals surface area contributed by atoms with Crippen molar-refractivity contribution in [3.63, 3.8) is 0 Å². The summed E-state index contributed by atoms with van der Waals surface area (Å²) in [6.07, 6.45) is 9.39. The molecule has 0 aliphatic heterocycles. The molecule has 1 aromatic rings. The molecule has 1 N–H and O–H groups in total. The summed E-state index contributed by atoms with van der Waals surface area (Å²) in [7, 11) is 0. The standard InChI is InChI=1S/C16H26N2/c1-3-13-7-8-15(11-17-4-2)16(10-13)14-6-5-9-18-12-14/h5-6,9,12-13,15-17H,3-4,7-8,10-11H2,1-2H3. The van der Waals surface area contributed by atoms with Crippen LogP contribution in [0.2, 0.25) is 0 Å². The molecule has 1 heterocycles. The Morgan fingerprint density at radius 3 is 2.89 bits per heavy atom. The predicted octanol–water partition coefficient (Wildman–Crippen LogP) is 3.60. The Bertz CT molecular complexity index is 336. The summed E-state index contributed by atoms with van der Waals surface area (Å²) in [5.74, 6) is 2.40. The van der Waals surface area contributed by atoms with Crippen LogP contribution in [0.4, 0.5) is 0 Å². The van der Waals surface area contributed by atoms with Crippen LogP contribution in [0.25, 0.3) is 0 Å². The molecule has 0 spiro atoms. The average molecular weight is 246 g/mol. The minimum absolute atomic E-state index is 0.705. The van der Waals surface area contributed by atoms with E-state index in [1.165, 1.54) is 31.2 Å². The third-order valence-electron chi connectivity index (χ3n) is 4.45. The molecule has 3 atom stereocenters. The molecular weight excluding hydrogens is 220 g/mol. The van der Waals surface area contributed by atoms with Crippen molar-refractivity contribution in [2.45, 2.75) is 45.4 Å². The number of hydrogen-bond donors (Lipinski definition) is 1. The second kappa shape index (κ2) is 6.89. The molecule has 1 saturated carbocycles. The van der Waals surface area contributed by atoms with Gasteiger partial charge in [-0.1, -0.05) is 32.8 Å². The van der Waals surface area contributed by atoms with Crippen LogP contribution in [0.15, 0.2) is 24.5 Å². The summed E-state index contributed by atoms with van der Waals surface area (Å²) in [6.45, 7) is 6.76. The Balaban J connectivity index is 2.09. The van der Waals surface area contributed by atoms with Gasteiger partial charge in [0.1, 0.15) is 0 Å². The van der Waals surface area contributed by atoms with Crippen molar-refractivity contribution in [1.29, 1.82) is 0 Å². The smallest absolute Gasteiger partial charge is 0.0302 e. The zero-order chi connectivity index (χ0) is 12.8. The molecule has 0 saturated heterocycles. The maximum atomic E-state index is 4.31. The topological polar surface area (TPSA) is 24.9 Å². The van der Waals surface area contributed by atoms with E-state index in [-0.39, 0.29) is 0 Å². The fraction of sp³-hybridized carbons (Fsp3) is 0.688. The lowest BCUT2D eigenvalue weighted by atomic mass is 9.70. The van der Waals surface area contributed by atoms with Gasteiger partial charge in [-0.05, 0) is 55.3 Å². The molecule has 0 bridgehead atoms. The largest absolute Gasteiger partial charge is 0.317 e. The molecule has 3 unspecified atom stereocenters. The van der Waals surface area contributed by atoms with Gasteiger partial charge in [0.25, 0.3) is 0 Å². The van der Waals surface area contributed by atoms with Crippen LogP contribution in [0.1, 0.15) is 51.0 Å². The van der Waals surface area contributed by atoms with E-state index in [1.807, 2.05) is 6.20 Å². The molecule has 2 rings (SSSR count). The molecule has 1 fully saturated rings. The number of pyridine rings is 1. The van der Waals surface area contributed by atoms with Gasteiger partial charge >= 0.3 is 0 Å². The van der Waals surface area contributed by atoms with Crippen molar-refractivity contribution < 1.29 is 0 Å². The van der Waals surface area contributed by atoms with Crippen molar-refractivity contribution >= 4 is 0 Å². The second-order valence-corrected chi connectivity index (χ2v) is 5.55. The number of nitrogens with zero attached hydrogens (tertiary/aromatic N) is 1. The third kappa shape index (κ3) is 3.32. The summed E-state index contributed by atoms with van der Waals surface area (Å²) >= 11 is 0. The quantitative estimate of drug-likeness (QED) is 0.858. The van der Waals surface area contributed by atoms with E-state index in [0.29, 0.717) is 5.92 Å². The maximum absolute atomic E-state index is 4.31. The number of hydrogen-bond acceptors (Lipinski definition) is 2. The Morgan fingerprint density at radius 2 is 2.22 bits per heavy atom. The van der Waals surface area contributed by atoms with Crippen LogP contribution in [-0.2, 0) is 0 Å².